The van der Waals surface area contributed by atoms with Crippen LogP contribution in [-0.2, 0) is 7.05 Å². The normalized spacial score (nSPS) is 10.7. The number of hydrogen-bond acceptors (Lipinski definition) is 2. The van der Waals surface area contributed by atoms with Crippen molar-refractivity contribution in [3.8, 4) is 11.3 Å². The Morgan fingerprint density at radius 1 is 1.28 bits per heavy atom. The van der Waals surface area contributed by atoms with E-state index in [0.29, 0.717) is 5.69 Å². The van der Waals surface area contributed by atoms with Crippen LogP contribution in [0, 0.1) is 18.6 Å². The third kappa shape index (κ3) is 1.81. The fourth-order valence-electron chi connectivity index (χ4n) is 1.86. The summed E-state index contributed by atoms with van der Waals surface area (Å²) >= 11 is 0. The molecule has 94 valence electrons. The first-order valence-corrected chi connectivity index (χ1v) is 5.42. The van der Waals surface area contributed by atoms with Gasteiger partial charge < -0.3 is 4.57 Å². The lowest BCUT2D eigenvalue weighted by molar-refractivity contribution is 0.100. The van der Waals surface area contributed by atoms with Crippen LogP contribution in [0.15, 0.2) is 18.2 Å². The van der Waals surface area contributed by atoms with Crippen LogP contribution >= 0.6 is 0 Å². The van der Waals surface area contributed by atoms with Gasteiger partial charge in [0.1, 0.15) is 11.6 Å². The zero-order chi connectivity index (χ0) is 13.4. The van der Waals surface area contributed by atoms with Crippen molar-refractivity contribution in [2.75, 3.05) is 0 Å². The molecule has 0 amide bonds. The maximum absolute atomic E-state index is 13.7. The van der Waals surface area contributed by atoms with Gasteiger partial charge in [0.2, 0.25) is 0 Å². The van der Waals surface area contributed by atoms with E-state index in [1.165, 1.54) is 29.7 Å². The van der Waals surface area contributed by atoms with Crippen LogP contribution in [0.4, 0.5) is 8.78 Å². The standard InChI is InChI=1S/C13H12F2N2O/c1-7-12(16-13(8(2)18)17(7)3)11-9(14)5-4-6-10(11)15/h4-6H,1-3H3. The molecule has 0 bridgehead atoms. The second-order valence-corrected chi connectivity index (χ2v) is 4.08. The number of ketones is 1. The predicted octanol–water partition coefficient (Wildman–Crippen LogP) is 2.88. The van der Waals surface area contributed by atoms with Crippen molar-refractivity contribution in [2.45, 2.75) is 13.8 Å². The van der Waals surface area contributed by atoms with E-state index < -0.39 is 11.6 Å². The number of halogens is 2. The van der Waals surface area contributed by atoms with Gasteiger partial charge in [-0.1, -0.05) is 6.07 Å². The molecular formula is C13H12F2N2O. The van der Waals surface area contributed by atoms with Crippen molar-refractivity contribution in [3.63, 3.8) is 0 Å². The summed E-state index contributed by atoms with van der Waals surface area (Å²) in [5.74, 6) is -1.44. The Morgan fingerprint density at radius 2 is 1.83 bits per heavy atom. The van der Waals surface area contributed by atoms with Crippen LogP contribution in [0.3, 0.4) is 0 Å². The molecule has 18 heavy (non-hydrogen) atoms. The molecule has 0 aliphatic rings. The van der Waals surface area contributed by atoms with Crippen LogP contribution in [0.5, 0.6) is 0 Å². The zero-order valence-electron chi connectivity index (χ0n) is 10.3. The predicted molar refractivity (Wildman–Crippen MR) is 63.3 cm³/mol. The van der Waals surface area contributed by atoms with Crippen LogP contribution in [0.25, 0.3) is 11.3 Å². The van der Waals surface area contributed by atoms with Gasteiger partial charge in [-0.2, -0.15) is 0 Å². The number of nitrogens with zero attached hydrogens (tertiary/aromatic N) is 2. The Bertz CT molecular complexity index is 612. The van der Waals surface area contributed by atoms with Crippen LogP contribution in [0.1, 0.15) is 23.2 Å². The fraction of sp³-hybridized carbons (Fsp3) is 0.231. The molecule has 0 saturated carbocycles. The molecule has 0 radical (unpaired) electrons. The molecule has 0 aliphatic heterocycles. The summed E-state index contributed by atoms with van der Waals surface area (Å²) in [6.07, 6.45) is 0. The van der Waals surface area contributed by atoms with Gasteiger partial charge in [0.15, 0.2) is 11.6 Å². The summed E-state index contributed by atoms with van der Waals surface area (Å²) in [5.41, 5.74) is 0.514. The Kier molecular flexibility index (Phi) is 2.98. The first kappa shape index (κ1) is 12.4. The molecule has 2 aromatic rings. The Balaban J connectivity index is 2.73. The molecule has 1 aromatic heterocycles. The van der Waals surface area contributed by atoms with E-state index in [1.807, 2.05) is 0 Å². The molecule has 3 nitrogen and oxygen atoms in total. The summed E-state index contributed by atoms with van der Waals surface area (Å²) in [6, 6.07) is 3.62. The average molecular weight is 250 g/mol. The van der Waals surface area contributed by atoms with E-state index in [2.05, 4.69) is 4.98 Å². The highest BCUT2D eigenvalue weighted by atomic mass is 19.1. The summed E-state index contributed by atoms with van der Waals surface area (Å²) in [5, 5.41) is 0. The number of imidazole rings is 1. The highest BCUT2D eigenvalue weighted by molar-refractivity contribution is 5.91. The van der Waals surface area contributed by atoms with Gasteiger partial charge in [0.05, 0.1) is 11.3 Å². The number of benzene rings is 1. The van der Waals surface area contributed by atoms with Gasteiger partial charge in [0, 0.05) is 19.7 Å². The van der Waals surface area contributed by atoms with E-state index >= 15 is 0 Å². The smallest absolute Gasteiger partial charge is 0.195 e. The first-order valence-electron chi connectivity index (χ1n) is 5.42. The third-order valence-corrected chi connectivity index (χ3v) is 2.90. The Hall–Kier alpha value is -2.04. The lowest BCUT2D eigenvalue weighted by atomic mass is 10.1. The summed E-state index contributed by atoms with van der Waals surface area (Å²) in [6.45, 7) is 3.03. The van der Waals surface area contributed by atoms with E-state index in [9.17, 15) is 13.6 Å². The SMILES string of the molecule is CC(=O)c1nc(-c2c(F)cccc2F)c(C)n1C. The van der Waals surface area contributed by atoms with E-state index in [4.69, 9.17) is 0 Å². The molecular weight excluding hydrogens is 238 g/mol. The lowest BCUT2D eigenvalue weighted by Gasteiger charge is -2.03. The second kappa shape index (κ2) is 4.33. The van der Waals surface area contributed by atoms with E-state index in [1.54, 1.807) is 14.0 Å². The largest absolute Gasteiger partial charge is 0.328 e. The lowest BCUT2D eigenvalue weighted by Crippen LogP contribution is -2.03. The number of carbonyl (C=O) groups is 1. The van der Waals surface area contributed by atoms with Gasteiger partial charge in [-0.25, -0.2) is 13.8 Å². The number of rotatable bonds is 2. The number of aromatic nitrogens is 2. The molecule has 2 rings (SSSR count). The summed E-state index contributed by atoms with van der Waals surface area (Å²) in [7, 11) is 1.64. The minimum Gasteiger partial charge on any atom is -0.328 e. The topological polar surface area (TPSA) is 34.9 Å². The first-order chi connectivity index (χ1) is 8.43. The maximum Gasteiger partial charge on any atom is 0.195 e. The van der Waals surface area contributed by atoms with Crippen molar-refractivity contribution in [3.05, 3.63) is 41.4 Å². The van der Waals surface area contributed by atoms with Gasteiger partial charge >= 0.3 is 0 Å². The van der Waals surface area contributed by atoms with E-state index in [-0.39, 0.29) is 22.9 Å². The van der Waals surface area contributed by atoms with Gasteiger partial charge in [-0.05, 0) is 19.1 Å². The summed E-state index contributed by atoms with van der Waals surface area (Å²) in [4.78, 5) is 15.4. The molecule has 0 saturated heterocycles. The quantitative estimate of drug-likeness (QED) is 0.768. The Morgan fingerprint density at radius 3 is 2.28 bits per heavy atom. The van der Waals surface area contributed by atoms with Crippen molar-refractivity contribution < 1.29 is 13.6 Å². The van der Waals surface area contributed by atoms with Crippen molar-refractivity contribution >= 4 is 5.78 Å². The highest BCUT2D eigenvalue weighted by Gasteiger charge is 2.20. The van der Waals surface area contributed by atoms with E-state index in [0.717, 1.165) is 0 Å². The van der Waals surface area contributed by atoms with Gasteiger partial charge in [0.25, 0.3) is 0 Å². The second-order valence-electron chi connectivity index (χ2n) is 4.08. The van der Waals surface area contributed by atoms with Crippen molar-refractivity contribution in [2.24, 2.45) is 7.05 Å². The number of carbonyl (C=O) groups excluding carboxylic acids is 1. The monoisotopic (exact) mass is 250 g/mol. The third-order valence-electron chi connectivity index (χ3n) is 2.90. The highest BCUT2D eigenvalue weighted by Crippen LogP contribution is 2.28. The average Bonchev–Trinajstić information content (AvgIpc) is 2.57. The zero-order valence-corrected chi connectivity index (χ0v) is 10.3. The Labute approximate surface area is 103 Å². The molecule has 1 aromatic carbocycles. The van der Waals surface area contributed by atoms with Crippen LogP contribution in [0.2, 0.25) is 0 Å². The summed E-state index contributed by atoms with van der Waals surface area (Å²) < 4.78 is 28.9. The molecule has 0 unspecified atom stereocenters. The number of Topliss-reactive ketones (excluding diaryl/α,β-unsaturated/α-hetero) is 1. The molecule has 0 N–H and O–H groups in total. The molecule has 1 heterocycles. The fourth-order valence-corrected chi connectivity index (χ4v) is 1.86. The molecule has 0 fully saturated rings. The van der Waals surface area contributed by atoms with Crippen LogP contribution in [-0.4, -0.2) is 15.3 Å². The minimum absolute atomic E-state index is 0.165. The van der Waals surface area contributed by atoms with Gasteiger partial charge in [-0.3, -0.25) is 4.79 Å². The molecule has 0 atom stereocenters. The van der Waals surface area contributed by atoms with Gasteiger partial charge in [-0.15, -0.1) is 0 Å². The minimum atomic E-state index is -0.689. The van der Waals surface area contributed by atoms with Crippen LogP contribution < -0.4 is 0 Å². The van der Waals surface area contributed by atoms with Crippen molar-refractivity contribution in [1.82, 2.24) is 9.55 Å². The molecule has 5 heteroatoms. The molecule has 0 spiro atoms. The number of hydrogen-bond donors (Lipinski definition) is 0. The van der Waals surface area contributed by atoms with Crippen molar-refractivity contribution in [1.29, 1.82) is 0 Å². The molecule has 0 aliphatic carbocycles. The maximum atomic E-state index is 13.7.